The number of carbonyl (C=O) groups excluding carboxylic acids is 1. The summed E-state index contributed by atoms with van der Waals surface area (Å²) in [6, 6.07) is 9.44. The lowest BCUT2D eigenvalue weighted by Crippen LogP contribution is -2.24. The summed E-state index contributed by atoms with van der Waals surface area (Å²) < 4.78 is 0. The summed E-state index contributed by atoms with van der Waals surface area (Å²) in [5, 5.41) is 5.06. The summed E-state index contributed by atoms with van der Waals surface area (Å²) in [6.07, 6.45) is 3.07. The largest absolute Gasteiger partial charge is 0.389 e. The normalized spacial score (nSPS) is 17.0. The summed E-state index contributed by atoms with van der Waals surface area (Å²) >= 11 is 6.71. The van der Waals surface area contributed by atoms with Crippen molar-refractivity contribution in [3.8, 4) is 0 Å². The third-order valence-corrected chi connectivity index (χ3v) is 5.02. The average Bonchev–Trinajstić information content (AvgIpc) is 2.95. The zero-order valence-electron chi connectivity index (χ0n) is 11.5. The van der Waals surface area contributed by atoms with Crippen molar-refractivity contribution >= 4 is 40.1 Å². The van der Waals surface area contributed by atoms with E-state index in [-0.39, 0.29) is 11.8 Å². The molecule has 1 heterocycles. The molecule has 3 nitrogen and oxygen atoms in total. The first-order valence-corrected chi connectivity index (χ1v) is 8.21. The van der Waals surface area contributed by atoms with Crippen LogP contribution in [-0.2, 0) is 11.2 Å². The van der Waals surface area contributed by atoms with Crippen molar-refractivity contribution in [3.63, 3.8) is 0 Å². The highest BCUT2D eigenvalue weighted by Crippen LogP contribution is 2.35. The van der Waals surface area contributed by atoms with Crippen LogP contribution in [0.4, 0.5) is 5.69 Å². The Hall–Kier alpha value is -1.72. The number of rotatable bonds is 3. The minimum Gasteiger partial charge on any atom is -0.389 e. The van der Waals surface area contributed by atoms with Gasteiger partial charge in [0.25, 0.3) is 0 Å². The molecule has 5 heteroatoms. The Morgan fingerprint density at radius 2 is 2.24 bits per heavy atom. The number of fused-ring (bicyclic) bond motifs is 1. The van der Waals surface area contributed by atoms with E-state index in [1.807, 2.05) is 24.3 Å². The molecule has 1 atom stereocenters. The molecule has 0 saturated heterocycles. The van der Waals surface area contributed by atoms with E-state index in [1.165, 1.54) is 10.4 Å². The summed E-state index contributed by atoms with van der Waals surface area (Å²) in [4.78, 5) is 14.2. The maximum atomic E-state index is 12.5. The Morgan fingerprint density at radius 3 is 3.05 bits per heavy atom. The molecule has 0 saturated carbocycles. The molecule has 1 aromatic heterocycles. The molecule has 1 amide bonds. The molecule has 1 unspecified atom stereocenters. The van der Waals surface area contributed by atoms with Gasteiger partial charge in [-0.2, -0.15) is 0 Å². The highest BCUT2D eigenvalue weighted by atomic mass is 32.1. The molecule has 108 valence electrons. The van der Waals surface area contributed by atoms with E-state index in [9.17, 15) is 4.79 Å². The van der Waals surface area contributed by atoms with Gasteiger partial charge in [-0.05, 0) is 48.4 Å². The van der Waals surface area contributed by atoms with Gasteiger partial charge in [0.05, 0.1) is 5.92 Å². The van der Waals surface area contributed by atoms with E-state index < -0.39 is 0 Å². The van der Waals surface area contributed by atoms with Crippen LogP contribution < -0.4 is 11.1 Å². The first kappa shape index (κ1) is 14.2. The molecule has 3 N–H and O–H groups in total. The first-order valence-electron chi connectivity index (χ1n) is 6.92. The maximum Gasteiger partial charge on any atom is 0.231 e. The molecular formula is C16H16N2OS2. The van der Waals surface area contributed by atoms with E-state index >= 15 is 0 Å². The van der Waals surface area contributed by atoms with Gasteiger partial charge in [0.15, 0.2) is 0 Å². The number of carbonyl (C=O) groups is 1. The van der Waals surface area contributed by atoms with Gasteiger partial charge in [0.1, 0.15) is 4.99 Å². The summed E-state index contributed by atoms with van der Waals surface area (Å²) in [7, 11) is 0. The van der Waals surface area contributed by atoms with Crippen molar-refractivity contribution in [2.75, 3.05) is 5.32 Å². The quantitative estimate of drug-likeness (QED) is 0.853. The standard InChI is InChI=1S/C16H16N2OS2/c17-15(20)10-3-1-4-11(9-10)18-16(19)13-5-2-6-14-12(13)7-8-21-14/h1,3-4,7-9,13H,2,5-6H2,(H2,17,20)(H,18,19). The van der Waals surface area contributed by atoms with E-state index in [2.05, 4.69) is 16.8 Å². The molecule has 3 rings (SSSR count). The Labute approximate surface area is 133 Å². The number of amides is 1. The van der Waals surface area contributed by atoms with Crippen LogP contribution >= 0.6 is 23.6 Å². The van der Waals surface area contributed by atoms with Crippen LogP contribution in [0.25, 0.3) is 0 Å². The molecule has 21 heavy (non-hydrogen) atoms. The van der Waals surface area contributed by atoms with Crippen LogP contribution in [-0.4, -0.2) is 10.9 Å². The summed E-state index contributed by atoms with van der Waals surface area (Å²) in [5.74, 6) is 0.00271. The van der Waals surface area contributed by atoms with Gasteiger partial charge in [0.2, 0.25) is 5.91 Å². The SMILES string of the molecule is NC(=S)c1cccc(NC(=O)C2CCCc3sccc32)c1. The van der Waals surface area contributed by atoms with Crippen LogP contribution in [0.5, 0.6) is 0 Å². The lowest BCUT2D eigenvalue weighted by atomic mass is 9.87. The number of thiocarbonyl (C=S) groups is 1. The van der Waals surface area contributed by atoms with E-state index in [4.69, 9.17) is 18.0 Å². The molecular weight excluding hydrogens is 300 g/mol. The number of nitrogens with two attached hydrogens (primary N) is 1. The Balaban J connectivity index is 1.79. The van der Waals surface area contributed by atoms with Crippen LogP contribution in [0, 0.1) is 0 Å². The number of aryl methyl sites for hydroxylation is 1. The van der Waals surface area contributed by atoms with Crippen LogP contribution in [0.3, 0.4) is 0 Å². The second kappa shape index (κ2) is 5.95. The third-order valence-electron chi connectivity index (χ3n) is 3.78. The summed E-state index contributed by atoms with van der Waals surface area (Å²) in [5.41, 5.74) is 8.32. The molecule has 1 aliphatic carbocycles. The monoisotopic (exact) mass is 316 g/mol. The fraction of sp³-hybridized carbons (Fsp3) is 0.250. The second-order valence-electron chi connectivity index (χ2n) is 5.18. The fourth-order valence-corrected chi connectivity index (χ4v) is 3.85. The lowest BCUT2D eigenvalue weighted by molar-refractivity contribution is -0.117. The summed E-state index contributed by atoms with van der Waals surface area (Å²) in [6.45, 7) is 0. The maximum absolute atomic E-state index is 12.5. The minimum atomic E-state index is -0.0477. The van der Waals surface area contributed by atoms with E-state index in [0.29, 0.717) is 4.99 Å². The average molecular weight is 316 g/mol. The number of benzene rings is 1. The van der Waals surface area contributed by atoms with Crippen LogP contribution in [0.1, 0.15) is 34.8 Å². The van der Waals surface area contributed by atoms with Crippen molar-refractivity contribution in [1.82, 2.24) is 0 Å². The number of hydrogen-bond donors (Lipinski definition) is 2. The molecule has 0 fully saturated rings. The molecule has 0 radical (unpaired) electrons. The van der Waals surface area contributed by atoms with Crippen LogP contribution in [0.2, 0.25) is 0 Å². The number of nitrogens with one attached hydrogen (secondary N) is 1. The zero-order chi connectivity index (χ0) is 14.8. The Morgan fingerprint density at radius 1 is 1.38 bits per heavy atom. The van der Waals surface area contributed by atoms with Gasteiger partial charge >= 0.3 is 0 Å². The zero-order valence-corrected chi connectivity index (χ0v) is 13.1. The van der Waals surface area contributed by atoms with Gasteiger partial charge in [0, 0.05) is 16.1 Å². The smallest absolute Gasteiger partial charge is 0.231 e. The van der Waals surface area contributed by atoms with Gasteiger partial charge in [-0.25, -0.2) is 0 Å². The van der Waals surface area contributed by atoms with E-state index in [0.717, 1.165) is 30.5 Å². The molecule has 2 aromatic rings. The molecule has 0 bridgehead atoms. The topological polar surface area (TPSA) is 55.1 Å². The molecule has 0 spiro atoms. The van der Waals surface area contributed by atoms with Gasteiger partial charge < -0.3 is 11.1 Å². The van der Waals surface area contributed by atoms with Crippen molar-refractivity contribution in [2.24, 2.45) is 5.73 Å². The first-order chi connectivity index (χ1) is 10.1. The van der Waals surface area contributed by atoms with Crippen molar-refractivity contribution in [2.45, 2.75) is 25.2 Å². The Bertz CT molecular complexity index is 693. The highest BCUT2D eigenvalue weighted by molar-refractivity contribution is 7.80. The molecule has 1 aliphatic rings. The van der Waals surface area contributed by atoms with Crippen molar-refractivity contribution in [1.29, 1.82) is 0 Å². The van der Waals surface area contributed by atoms with Gasteiger partial charge in [-0.1, -0.05) is 24.4 Å². The number of thiophene rings is 1. The van der Waals surface area contributed by atoms with E-state index in [1.54, 1.807) is 11.3 Å². The third kappa shape index (κ3) is 2.99. The molecule has 0 aliphatic heterocycles. The number of anilines is 1. The second-order valence-corrected chi connectivity index (χ2v) is 6.62. The minimum absolute atomic E-state index is 0.0477. The van der Waals surface area contributed by atoms with Crippen molar-refractivity contribution < 1.29 is 4.79 Å². The predicted octanol–water partition coefficient (Wildman–Crippen LogP) is 3.44. The van der Waals surface area contributed by atoms with Crippen molar-refractivity contribution in [3.05, 3.63) is 51.7 Å². The predicted molar refractivity (Wildman–Crippen MR) is 91.0 cm³/mol. The van der Waals surface area contributed by atoms with Gasteiger partial charge in [-0.15, -0.1) is 11.3 Å². The number of hydrogen-bond acceptors (Lipinski definition) is 3. The van der Waals surface area contributed by atoms with Crippen LogP contribution in [0.15, 0.2) is 35.7 Å². The van der Waals surface area contributed by atoms with Gasteiger partial charge in [-0.3, -0.25) is 4.79 Å². The fourth-order valence-electron chi connectivity index (χ4n) is 2.74. The Kier molecular flexibility index (Phi) is 4.03. The highest BCUT2D eigenvalue weighted by Gasteiger charge is 2.27. The molecule has 1 aromatic carbocycles. The lowest BCUT2D eigenvalue weighted by Gasteiger charge is -2.22.